The van der Waals surface area contributed by atoms with Gasteiger partial charge in [0, 0.05) is 30.5 Å². The van der Waals surface area contributed by atoms with Crippen molar-refractivity contribution >= 4 is 16.8 Å². The molecule has 0 unspecified atom stereocenters. The zero-order valence-corrected chi connectivity index (χ0v) is 21.6. The molecule has 1 aliphatic carbocycles. The van der Waals surface area contributed by atoms with Crippen molar-refractivity contribution in [3.63, 3.8) is 0 Å². The van der Waals surface area contributed by atoms with E-state index in [4.69, 9.17) is 9.72 Å². The number of aromatic nitrogens is 1. The van der Waals surface area contributed by atoms with Crippen LogP contribution < -0.4 is 10.6 Å². The molecule has 3 rings (SSSR count). The molecular weight excluding hydrogens is 418 g/mol. The van der Waals surface area contributed by atoms with Crippen LogP contribution in [-0.4, -0.2) is 25.2 Å². The van der Waals surface area contributed by atoms with Crippen molar-refractivity contribution in [3.8, 4) is 0 Å². The molecule has 0 atom stereocenters. The van der Waals surface area contributed by atoms with Gasteiger partial charge in [0.05, 0.1) is 18.5 Å². The van der Waals surface area contributed by atoms with E-state index in [0.29, 0.717) is 5.92 Å². The van der Waals surface area contributed by atoms with Gasteiger partial charge in [0.25, 0.3) is 0 Å². The molecule has 1 aromatic rings. The molecule has 1 saturated carbocycles. The minimum atomic E-state index is 0.665. The summed E-state index contributed by atoms with van der Waals surface area (Å²) in [6.07, 6.45) is 20.8. The van der Waals surface area contributed by atoms with E-state index >= 15 is 0 Å². The van der Waals surface area contributed by atoms with Crippen LogP contribution in [0.5, 0.6) is 0 Å². The van der Waals surface area contributed by atoms with Crippen LogP contribution in [0.4, 0.5) is 5.69 Å². The Morgan fingerprint density at radius 2 is 1.94 bits per heavy atom. The summed E-state index contributed by atoms with van der Waals surface area (Å²) in [7, 11) is 1.73. The summed E-state index contributed by atoms with van der Waals surface area (Å²) >= 11 is 0. The highest BCUT2D eigenvalue weighted by molar-refractivity contribution is 5.78. The molecule has 1 aromatic heterocycles. The summed E-state index contributed by atoms with van der Waals surface area (Å²) in [5.41, 5.74) is 8.26. The van der Waals surface area contributed by atoms with E-state index in [9.17, 15) is 0 Å². The number of hydrogen-bond donors (Lipinski definition) is 2. The maximum atomic E-state index is 5.56. The van der Waals surface area contributed by atoms with Gasteiger partial charge in [-0.05, 0) is 74.8 Å². The number of rotatable bonds is 11. The second-order valence-electron chi connectivity index (χ2n) is 9.08. The summed E-state index contributed by atoms with van der Waals surface area (Å²) < 4.78 is 5.56. The third-order valence-electron chi connectivity index (χ3n) is 6.65. The van der Waals surface area contributed by atoms with Crippen molar-refractivity contribution in [2.24, 2.45) is 5.92 Å². The molecule has 0 radical (unpaired) electrons. The number of nitrogens with zero attached hydrogens (tertiary/aromatic N) is 1. The van der Waals surface area contributed by atoms with Gasteiger partial charge in [-0.25, -0.2) is 4.98 Å². The minimum absolute atomic E-state index is 0.665. The van der Waals surface area contributed by atoms with Gasteiger partial charge in [0.2, 0.25) is 0 Å². The quantitative estimate of drug-likeness (QED) is 0.338. The Kier molecular flexibility index (Phi) is 9.81. The lowest BCUT2D eigenvalue weighted by atomic mass is 9.78. The maximum absolute atomic E-state index is 5.56. The summed E-state index contributed by atoms with van der Waals surface area (Å²) in [5.74, 6) is 1.59. The standard InChI is InChI=1S/C30H41N3O/c1-6-8-9-10-15-27(23(4)24-13-11-14-24)29-19-26(18-28(33-29)22(3)12-7-2)32-21-25-20-31-17-16-30(25)34-5/h8-10,12,15-19,24,31H,6-7,11,13-14,20-21H2,1-5H3,(H,32,33)/b9-8+,15-10-,22-12?,27-23-. The fourth-order valence-corrected chi connectivity index (χ4v) is 4.32. The predicted molar refractivity (Wildman–Crippen MR) is 146 cm³/mol. The first kappa shape index (κ1) is 25.6. The third-order valence-corrected chi connectivity index (χ3v) is 6.65. The van der Waals surface area contributed by atoms with Crippen molar-refractivity contribution < 1.29 is 4.74 Å². The van der Waals surface area contributed by atoms with E-state index in [1.54, 1.807) is 7.11 Å². The number of methoxy groups -OCH3 is 1. The zero-order valence-electron chi connectivity index (χ0n) is 21.6. The molecule has 4 nitrogen and oxygen atoms in total. The summed E-state index contributed by atoms with van der Waals surface area (Å²) in [6.45, 7) is 10.3. The van der Waals surface area contributed by atoms with E-state index in [2.05, 4.69) is 80.8 Å². The average Bonchev–Trinajstić information content (AvgIpc) is 2.81. The van der Waals surface area contributed by atoms with Crippen molar-refractivity contribution in [2.75, 3.05) is 25.5 Å². The van der Waals surface area contributed by atoms with Gasteiger partial charge in [-0.2, -0.15) is 0 Å². The topological polar surface area (TPSA) is 46.2 Å². The Morgan fingerprint density at radius 3 is 2.62 bits per heavy atom. The van der Waals surface area contributed by atoms with Gasteiger partial charge in [0.15, 0.2) is 0 Å². The van der Waals surface area contributed by atoms with Crippen LogP contribution in [0.15, 0.2) is 71.7 Å². The Morgan fingerprint density at radius 1 is 1.15 bits per heavy atom. The van der Waals surface area contributed by atoms with Gasteiger partial charge < -0.3 is 15.4 Å². The van der Waals surface area contributed by atoms with Gasteiger partial charge >= 0.3 is 0 Å². The van der Waals surface area contributed by atoms with Crippen LogP contribution in [0.25, 0.3) is 11.1 Å². The van der Waals surface area contributed by atoms with Gasteiger partial charge in [-0.1, -0.05) is 56.2 Å². The molecule has 1 aliphatic heterocycles. The molecule has 4 heteroatoms. The first-order valence-corrected chi connectivity index (χ1v) is 12.7. The highest BCUT2D eigenvalue weighted by Crippen LogP contribution is 2.37. The second-order valence-corrected chi connectivity index (χ2v) is 9.08. The van der Waals surface area contributed by atoms with Crippen molar-refractivity contribution in [3.05, 3.63) is 83.1 Å². The largest absolute Gasteiger partial charge is 0.497 e. The number of hydrogen-bond acceptors (Lipinski definition) is 4. The maximum Gasteiger partial charge on any atom is 0.123 e. The molecule has 0 amide bonds. The Labute approximate surface area is 206 Å². The molecule has 0 aromatic carbocycles. The van der Waals surface area contributed by atoms with E-state index in [1.165, 1.54) is 41.6 Å². The van der Waals surface area contributed by atoms with Gasteiger partial charge in [-0.15, -0.1) is 0 Å². The number of allylic oxidation sites excluding steroid dienone is 9. The molecule has 0 bridgehead atoms. The number of nitrogens with one attached hydrogen (secondary N) is 2. The fraction of sp³-hybridized carbons (Fsp3) is 0.433. The van der Waals surface area contributed by atoms with Crippen LogP contribution >= 0.6 is 0 Å². The Balaban J connectivity index is 2.01. The summed E-state index contributed by atoms with van der Waals surface area (Å²) in [6, 6.07) is 4.37. The molecule has 0 saturated heterocycles. The molecule has 2 aliphatic rings. The van der Waals surface area contributed by atoms with E-state index in [0.717, 1.165) is 48.8 Å². The summed E-state index contributed by atoms with van der Waals surface area (Å²) in [5, 5.41) is 6.93. The Hall–Kier alpha value is -3.01. The lowest BCUT2D eigenvalue weighted by Crippen LogP contribution is -2.21. The van der Waals surface area contributed by atoms with Crippen molar-refractivity contribution in [1.29, 1.82) is 0 Å². The number of anilines is 1. The SMILES string of the molecule is CCC=C(C)c1cc(NCC2=C(OC)C=CNC2)cc(C(/C=C\C=C\CC)=C(/C)C2CCC2)n1. The Bertz CT molecular complexity index is 1020. The molecule has 182 valence electrons. The van der Waals surface area contributed by atoms with Crippen LogP contribution in [0, 0.1) is 5.92 Å². The second kappa shape index (κ2) is 13.0. The molecule has 2 heterocycles. The van der Waals surface area contributed by atoms with Crippen LogP contribution in [-0.2, 0) is 4.74 Å². The van der Waals surface area contributed by atoms with Crippen LogP contribution in [0.3, 0.4) is 0 Å². The lowest BCUT2D eigenvalue weighted by Gasteiger charge is -2.28. The van der Waals surface area contributed by atoms with E-state index in [-0.39, 0.29) is 0 Å². The third kappa shape index (κ3) is 6.75. The predicted octanol–water partition coefficient (Wildman–Crippen LogP) is 7.42. The molecule has 1 fully saturated rings. The average molecular weight is 460 g/mol. The van der Waals surface area contributed by atoms with E-state index < -0.39 is 0 Å². The summed E-state index contributed by atoms with van der Waals surface area (Å²) in [4.78, 5) is 5.14. The van der Waals surface area contributed by atoms with Crippen LogP contribution in [0.2, 0.25) is 0 Å². The van der Waals surface area contributed by atoms with E-state index in [1.807, 2.05) is 12.3 Å². The molecular formula is C30H41N3O. The van der Waals surface area contributed by atoms with Crippen molar-refractivity contribution in [1.82, 2.24) is 10.3 Å². The number of pyridine rings is 1. The number of ether oxygens (including phenoxy) is 1. The smallest absolute Gasteiger partial charge is 0.123 e. The zero-order chi connectivity index (χ0) is 24.3. The van der Waals surface area contributed by atoms with Crippen LogP contribution in [0.1, 0.15) is 71.2 Å². The van der Waals surface area contributed by atoms with Gasteiger partial charge in [0.1, 0.15) is 5.76 Å². The van der Waals surface area contributed by atoms with Gasteiger partial charge in [-0.3, -0.25) is 0 Å². The first-order chi connectivity index (χ1) is 16.6. The first-order valence-electron chi connectivity index (χ1n) is 12.7. The fourth-order valence-electron chi connectivity index (χ4n) is 4.32. The normalized spacial score (nSPS) is 17.7. The highest BCUT2D eigenvalue weighted by Gasteiger charge is 2.22. The highest BCUT2D eigenvalue weighted by atomic mass is 16.5. The van der Waals surface area contributed by atoms with Crippen molar-refractivity contribution in [2.45, 2.75) is 59.8 Å². The molecule has 34 heavy (non-hydrogen) atoms. The number of dihydropyridines is 1. The molecule has 0 spiro atoms. The monoisotopic (exact) mass is 459 g/mol. The minimum Gasteiger partial charge on any atom is -0.497 e. The lowest BCUT2D eigenvalue weighted by molar-refractivity contribution is 0.299. The molecule has 2 N–H and O–H groups in total.